The van der Waals surface area contributed by atoms with E-state index in [1.165, 1.54) is 9.13 Å². The Labute approximate surface area is 153 Å². The van der Waals surface area contributed by atoms with Crippen LogP contribution < -0.4 is 5.69 Å². The number of aryl methyl sites for hydroxylation is 1. The van der Waals surface area contributed by atoms with Crippen LogP contribution >= 0.6 is 0 Å². The molecule has 0 amide bonds. The number of fused-ring (bicyclic) bond motifs is 1. The Hall–Kier alpha value is -3.68. The molecule has 4 rings (SSSR count). The number of hydrogen-bond acceptors (Lipinski definition) is 6. The molecule has 0 aliphatic heterocycles. The highest BCUT2D eigenvalue weighted by Gasteiger charge is 2.15. The average molecular weight is 364 g/mol. The smallest absolute Gasteiger partial charge is 0.329 e. The Morgan fingerprint density at radius 3 is 2.52 bits per heavy atom. The molecule has 0 unspecified atom stereocenters. The Bertz CT molecular complexity index is 1160. The molecule has 0 bridgehead atoms. The molecule has 27 heavy (non-hydrogen) atoms. The maximum absolute atomic E-state index is 12.3. The summed E-state index contributed by atoms with van der Waals surface area (Å²) in [6.45, 7) is -0.349. The van der Waals surface area contributed by atoms with Crippen LogP contribution in [0.2, 0.25) is 0 Å². The Balaban J connectivity index is 1.45. The van der Waals surface area contributed by atoms with Gasteiger partial charge in [-0.25, -0.2) is 4.79 Å². The van der Waals surface area contributed by atoms with E-state index in [4.69, 9.17) is 9.15 Å². The minimum absolute atomic E-state index is 0.155. The SMILES string of the molecule is Cn1c(=O)n(CC(=O)OCc2nnc(-c3ccccc3)o2)c2ccccc21. The molecule has 8 nitrogen and oxygen atoms in total. The normalized spacial score (nSPS) is 11.0. The monoisotopic (exact) mass is 364 g/mol. The second kappa shape index (κ2) is 6.91. The summed E-state index contributed by atoms with van der Waals surface area (Å²) < 4.78 is 13.6. The van der Waals surface area contributed by atoms with Gasteiger partial charge >= 0.3 is 11.7 Å². The van der Waals surface area contributed by atoms with Gasteiger partial charge in [-0.1, -0.05) is 30.3 Å². The Morgan fingerprint density at radius 1 is 1.04 bits per heavy atom. The molecule has 0 atom stereocenters. The molecule has 8 heteroatoms. The number of carbonyl (C=O) groups excluding carboxylic acids is 1. The van der Waals surface area contributed by atoms with Crippen LogP contribution in [0.5, 0.6) is 0 Å². The van der Waals surface area contributed by atoms with E-state index in [0.717, 1.165) is 11.1 Å². The van der Waals surface area contributed by atoms with E-state index >= 15 is 0 Å². The third-order valence-corrected chi connectivity index (χ3v) is 4.18. The van der Waals surface area contributed by atoms with Gasteiger partial charge in [0.25, 0.3) is 5.89 Å². The van der Waals surface area contributed by atoms with E-state index in [9.17, 15) is 9.59 Å². The van der Waals surface area contributed by atoms with Gasteiger partial charge in [0, 0.05) is 12.6 Å². The topological polar surface area (TPSA) is 92.2 Å². The highest BCUT2D eigenvalue weighted by Crippen LogP contribution is 2.17. The van der Waals surface area contributed by atoms with Crippen molar-refractivity contribution in [3.8, 4) is 11.5 Å². The van der Waals surface area contributed by atoms with Crippen LogP contribution in [0, 0.1) is 0 Å². The van der Waals surface area contributed by atoms with E-state index in [2.05, 4.69) is 10.2 Å². The molecule has 0 saturated carbocycles. The van der Waals surface area contributed by atoms with Crippen molar-refractivity contribution >= 4 is 17.0 Å². The van der Waals surface area contributed by atoms with Gasteiger partial charge in [-0.3, -0.25) is 13.9 Å². The molecule has 136 valence electrons. The van der Waals surface area contributed by atoms with Crippen molar-refractivity contribution in [2.75, 3.05) is 0 Å². The number of nitrogens with zero attached hydrogens (tertiary/aromatic N) is 4. The first kappa shape index (κ1) is 16.8. The third kappa shape index (κ3) is 3.24. The minimum atomic E-state index is -0.562. The van der Waals surface area contributed by atoms with E-state index in [0.29, 0.717) is 11.4 Å². The number of aromatic nitrogens is 4. The van der Waals surface area contributed by atoms with Gasteiger partial charge in [0.05, 0.1) is 11.0 Å². The molecule has 0 spiro atoms. The molecule has 0 aliphatic carbocycles. The maximum Gasteiger partial charge on any atom is 0.329 e. The van der Waals surface area contributed by atoms with E-state index in [1.807, 2.05) is 48.5 Å². The largest absolute Gasteiger partial charge is 0.454 e. The molecule has 2 aromatic heterocycles. The van der Waals surface area contributed by atoms with Crippen molar-refractivity contribution in [2.24, 2.45) is 7.05 Å². The van der Waals surface area contributed by atoms with Gasteiger partial charge in [0.2, 0.25) is 5.89 Å². The van der Waals surface area contributed by atoms with Crippen LogP contribution in [-0.4, -0.2) is 25.3 Å². The molecule has 4 aromatic rings. The number of benzene rings is 2. The number of carbonyl (C=O) groups is 1. The summed E-state index contributed by atoms with van der Waals surface area (Å²) in [5.74, 6) is -0.0210. The zero-order valence-electron chi connectivity index (χ0n) is 14.5. The summed E-state index contributed by atoms with van der Waals surface area (Å²) in [6, 6.07) is 16.6. The molecule has 0 radical (unpaired) electrons. The van der Waals surface area contributed by atoms with Crippen LogP contribution in [-0.2, 0) is 29.7 Å². The van der Waals surface area contributed by atoms with Gasteiger partial charge in [-0.05, 0) is 24.3 Å². The first-order chi connectivity index (χ1) is 13.1. The van der Waals surface area contributed by atoms with Crippen molar-refractivity contribution in [1.82, 2.24) is 19.3 Å². The fraction of sp³-hybridized carbons (Fsp3) is 0.158. The quantitative estimate of drug-likeness (QED) is 0.504. The van der Waals surface area contributed by atoms with Crippen LogP contribution in [0.4, 0.5) is 0 Å². The first-order valence-corrected chi connectivity index (χ1v) is 8.31. The molecule has 0 aliphatic rings. The van der Waals surface area contributed by atoms with Crippen molar-refractivity contribution in [1.29, 1.82) is 0 Å². The lowest BCUT2D eigenvalue weighted by Crippen LogP contribution is -2.26. The van der Waals surface area contributed by atoms with Crippen LogP contribution in [0.3, 0.4) is 0 Å². The molecule has 2 heterocycles. The second-order valence-electron chi connectivity index (χ2n) is 5.94. The molecule has 0 saturated heterocycles. The highest BCUT2D eigenvalue weighted by atomic mass is 16.5. The standard InChI is InChI=1S/C19H16N4O4/c1-22-14-9-5-6-10-15(14)23(19(22)25)11-17(24)26-12-16-20-21-18(27-16)13-7-3-2-4-8-13/h2-10H,11-12H2,1H3. The molecule has 0 N–H and O–H groups in total. The van der Waals surface area contributed by atoms with Crippen LogP contribution in [0.1, 0.15) is 5.89 Å². The number of imidazole rings is 1. The molecular weight excluding hydrogens is 348 g/mol. The Kier molecular flexibility index (Phi) is 4.29. The summed E-state index contributed by atoms with van der Waals surface area (Å²) in [6.07, 6.45) is 0. The summed E-state index contributed by atoms with van der Waals surface area (Å²) >= 11 is 0. The summed E-state index contributed by atoms with van der Waals surface area (Å²) in [4.78, 5) is 24.5. The van der Waals surface area contributed by atoms with Crippen molar-refractivity contribution in [3.05, 3.63) is 71.0 Å². The van der Waals surface area contributed by atoms with Crippen LogP contribution in [0.15, 0.2) is 63.8 Å². The summed E-state index contributed by atoms with van der Waals surface area (Å²) in [5.41, 5.74) is 1.92. The van der Waals surface area contributed by atoms with Gasteiger partial charge in [-0.15, -0.1) is 10.2 Å². The van der Waals surface area contributed by atoms with E-state index in [-0.39, 0.29) is 24.7 Å². The van der Waals surface area contributed by atoms with Crippen molar-refractivity contribution in [3.63, 3.8) is 0 Å². The number of para-hydroxylation sites is 2. The van der Waals surface area contributed by atoms with Gasteiger partial charge in [-0.2, -0.15) is 0 Å². The molecule has 0 fully saturated rings. The number of esters is 1. The average Bonchev–Trinajstić information content (AvgIpc) is 3.27. The van der Waals surface area contributed by atoms with Gasteiger partial charge < -0.3 is 9.15 Å². The predicted octanol–water partition coefficient (Wildman–Crippen LogP) is 2.13. The third-order valence-electron chi connectivity index (χ3n) is 4.18. The maximum atomic E-state index is 12.3. The van der Waals surface area contributed by atoms with Crippen LogP contribution in [0.25, 0.3) is 22.5 Å². The molecular formula is C19H16N4O4. The van der Waals surface area contributed by atoms with Gasteiger partial charge in [0.15, 0.2) is 6.61 Å². The zero-order chi connectivity index (χ0) is 18.8. The molecule has 2 aromatic carbocycles. The lowest BCUT2D eigenvalue weighted by atomic mass is 10.2. The summed E-state index contributed by atoms with van der Waals surface area (Å²) in [7, 11) is 1.66. The fourth-order valence-electron chi connectivity index (χ4n) is 2.84. The number of rotatable bonds is 5. The lowest BCUT2D eigenvalue weighted by Gasteiger charge is -2.03. The summed E-state index contributed by atoms with van der Waals surface area (Å²) in [5, 5.41) is 7.82. The first-order valence-electron chi connectivity index (χ1n) is 8.31. The predicted molar refractivity (Wildman–Crippen MR) is 96.7 cm³/mol. The second-order valence-corrected chi connectivity index (χ2v) is 5.94. The highest BCUT2D eigenvalue weighted by molar-refractivity contribution is 5.78. The van der Waals surface area contributed by atoms with E-state index in [1.54, 1.807) is 13.1 Å². The van der Waals surface area contributed by atoms with E-state index < -0.39 is 5.97 Å². The number of hydrogen-bond donors (Lipinski definition) is 0. The lowest BCUT2D eigenvalue weighted by molar-refractivity contribution is -0.146. The Morgan fingerprint density at radius 2 is 1.74 bits per heavy atom. The van der Waals surface area contributed by atoms with Crippen molar-refractivity contribution in [2.45, 2.75) is 13.2 Å². The van der Waals surface area contributed by atoms with Gasteiger partial charge in [0.1, 0.15) is 6.54 Å². The fourth-order valence-corrected chi connectivity index (χ4v) is 2.84. The minimum Gasteiger partial charge on any atom is -0.454 e. The van der Waals surface area contributed by atoms with Crippen molar-refractivity contribution < 1.29 is 13.9 Å². The zero-order valence-corrected chi connectivity index (χ0v) is 14.5. The number of ether oxygens (including phenoxy) is 1.